The molecule has 0 aliphatic carbocycles. The van der Waals surface area contributed by atoms with Crippen LogP contribution in [0.2, 0.25) is 0 Å². The van der Waals surface area contributed by atoms with E-state index in [-0.39, 0.29) is 17.8 Å². The van der Waals surface area contributed by atoms with Gasteiger partial charge in [-0.1, -0.05) is 0 Å². The Balaban J connectivity index is 3.39. The summed E-state index contributed by atoms with van der Waals surface area (Å²) in [7, 11) is 0. The van der Waals surface area contributed by atoms with Crippen LogP contribution in [0.1, 0.15) is 23.2 Å². The van der Waals surface area contributed by atoms with Gasteiger partial charge in [0.25, 0.3) is 6.43 Å². The maximum Gasteiger partial charge on any atom is 0.264 e. The zero-order chi connectivity index (χ0) is 10.7. The number of aromatic nitrogens is 1. The quantitative estimate of drug-likeness (QED) is 0.660. The van der Waals surface area contributed by atoms with E-state index in [0.29, 0.717) is 0 Å². The molecule has 0 saturated carbocycles. The topological polar surface area (TPSA) is 79.1 Å². The molecule has 0 fully saturated rings. The van der Waals surface area contributed by atoms with Crippen LogP contribution in [-0.4, -0.2) is 10.1 Å². The minimum absolute atomic E-state index is 0.0512. The molecule has 0 aromatic carbocycles. The van der Waals surface area contributed by atoms with Gasteiger partial charge < -0.3 is 15.8 Å². The van der Waals surface area contributed by atoms with Gasteiger partial charge in [-0.3, -0.25) is 4.79 Å². The number of aliphatic hydroxyl groups excluding tert-OH is 1. The van der Waals surface area contributed by atoms with Gasteiger partial charge in [0.05, 0.1) is 6.61 Å². The standard InChI is InChI=1S/C8H10F2N2O2/c9-8(10)4-1-7(14)12-6(3-13)5(4)2-11/h1,8,13H,2-3,11H2,(H,12,14). The summed E-state index contributed by atoms with van der Waals surface area (Å²) in [5, 5.41) is 8.81. The molecular weight excluding hydrogens is 194 g/mol. The number of H-pyrrole nitrogens is 1. The van der Waals surface area contributed by atoms with Crippen molar-refractivity contribution in [3.8, 4) is 0 Å². The zero-order valence-electron chi connectivity index (χ0n) is 7.26. The predicted octanol–water partition coefficient (Wildman–Crippen LogP) is 0.264. The molecule has 0 saturated heterocycles. The highest BCUT2D eigenvalue weighted by Crippen LogP contribution is 2.22. The van der Waals surface area contributed by atoms with E-state index in [2.05, 4.69) is 4.98 Å². The molecule has 4 nitrogen and oxygen atoms in total. The zero-order valence-corrected chi connectivity index (χ0v) is 7.26. The summed E-state index contributed by atoms with van der Waals surface area (Å²) in [5.74, 6) is 0. The van der Waals surface area contributed by atoms with Gasteiger partial charge in [0.15, 0.2) is 0 Å². The van der Waals surface area contributed by atoms with Crippen molar-refractivity contribution in [2.45, 2.75) is 19.6 Å². The lowest BCUT2D eigenvalue weighted by molar-refractivity contribution is 0.149. The lowest BCUT2D eigenvalue weighted by Gasteiger charge is -2.10. The molecule has 0 spiro atoms. The number of rotatable bonds is 3. The minimum Gasteiger partial charge on any atom is -0.390 e. The molecule has 0 amide bonds. The summed E-state index contributed by atoms with van der Waals surface area (Å²) >= 11 is 0. The number of nitrogens with one attached hydrogen (secondary N) is 1. The van der Waals surface area contributed by atoms with E-state index in [1.54, 1.807) is 0 Å². The van der Waals surface area contributed by atoms with Crippen LogP contribution in [0.4, 0.5) is 8.78 Å². The normalized spacial score (nSPS) is 10.9. The molecule has 1 aromatic rings. The van der Waals surface area contributed by atoms with Crippen LogP contribution in [0.3, 0.4) is 0 Å². The molecule has 6 heteroatoms. The fourth-order valence-corrected chi connectivity index (χ4v) is 1.23. The molecule has 0 radical (unpaired) electrons. The van der Waals surface area contributed by atoms with Crippen LogP contribution in [0.25, 0.3) is 0 Å². The van der Waals surface area contributed by atoms with Crippen molar-refractivity contribution in [2.24, 2.45) is 5.73 Å². The summed E-state index contributed by atoms with van der Waals surface area (Å²) in [6.07, 6.45) is -2.76. The van der Waals surface area contributed by atoms with Crippen LogP contribution < -0.4 is 11.3 Å². The highest BCUT2D eigenvalue weighted by atomic mass is 19.3. The number of nitrogens with two attached hydrogens (primary N) is 1. The van der Waals surface area contributed by atoms with Crippen molar-refractivity contribution in [3.05, 3.63) is 33.2 Å². The molecule has 78 valence electrons. The Morgan fingerprint density at radius 1 is 1.57 bits per heavy atom. The van der Waals surface area contributed by atoms with E-state index in [0.717, 1.165) is 6.07 Å². The van der Waals surface area contributed by atoms with Gasteiger partial charge in [0, 0.05) is 23.9 Å². The molecule has 0 unspecified atom stereocenters. The van der Waals surface area contributed by atoms with E-state index in [4.69, 9.17) is 10.8 Å². The van der Waals surface area contributed by atoms with E-state index in [1.807, 2.05) is 0 Å². The third kappa shape index (κ3) is 1.97. The van der Waals surface area contributed by atoms with Crippen molar-refractivity contribution in [2.75, 3.05) is 0 Å². The summed E-state index contributed by atoms with van der Waals surface area (Å²) < 4.78 is 24.8. The highest BCUT2D eigenvalue weighted by molar-refractivity contribution is 5.30. The second-order valence-electron chi connectivity index (χ2n) is 2.71. The number of hydrogen-bond donors (Lipinski definition) is 3. The van der Waals surface area contributed by atoms with Crippen LogP contribution >= 0.6 is 0 Å². The third-order valence-electron chi connectivity index (χ3n) is 1.87. The summed E-state index contributed by atoms with van der Waals surface area (Å²) in [6.45, 7) is -0.658. The van der Waals surface area contributed by atoms with Gasteiger partial charge in [-0.2, -0.15) is 0 Å². The molecule has 4 N–H and O–H groups in total. The maximum atomic E-state index is 12.4. The van der Waals surface area contributed by atoms with E-state index >= 15 is 0 Å². The predicted molar refractivity (Wildman–Crippen MR) is 45.8 cm³/mol. The number of aliphatic hydroxyl groups is 1. The number of pyridine rings is 1. The minimum atomic E-state index is -2.76. The van der Waals surface area contributed by atoms with Crippen molar-refractivity contribution in [3.63, 3.8) is 0 Å². The van der Waals surface area contributed by atoms with Gasteiger partial charge in [-0.15, -0.1) is 0 Å². The first-order chi connectivity index (χ1) is 6.60. The van der Waals surface area contributed by atoms with Crippen LogP contribution in [-0.2, 0) is 13.2 Å². The summed E-state index contributed by atoms with van der Waals surface area (Å²) in [5.41, 5.74) is 4.32. The molecule has 0 bridgehead atoms. The van der Waals surface area contributed by atoms with Gasteiger partial charge >= 0.3 is 0 Å². The second kappa shape index (κ2) is 4.30. The Morgan fingerprint density at radius 2 is 2.21 bits per heavy atom. The lowest BCUT2D eigenvalue weighted by Crippen LogP contribution is -2.16. The van der Waals surface area contributed by atoms with Gasteiger partial charge in [-0.05, 0) is 5.56 Å². The Bertz CT molecular complexity index is 376. The number of aromatic amines is 1. The third-order valence-corrected chi connectivity index (χ3v) is 1.87. The van der Waals surface area contributed by atoms with Crippen molar-refractivity contribution in [1.82, 2.24) is 4.98 Å². The molecule has 0 atom stereocenters. The van der Waals surface area contributed by atoms with Crippen LogP contribution in [0.15, 0.2) is 10.9 Å². The number of hydrogen-bond acceptors (Lipinski definition) is 3. The largest absolute Gasteiger partial charge is 0.390 e. The Kier molecular flexibility index (Phi) is 3.32. The van der Waals surface area contributed by atoms with Gasteiger partial charge in [0.2, 0.25) is 5.56 Å². The molecule has 1 rings (SSSR count). The number of alkyl halides is 2. The van der Waals surface area contributed by atoms with Crippen molar-refractivity contribution in [1.29, 1.82) is 0 Å². The molecule has 1 aromatic heterocycles. The van der Waals surface area contributed by atoms with E-state index in [9.17, 15) is 13.6 Å². The number of halogens is 2. The second-order valence-corrected chi connectivity index (χ2v) is 2.71. The first-order valence-electron chi connectivity index (χ1n) is 3.94. The van der Waals surface area contributed by atoms with Crippen molar-refractivity contribution < 1.29 is 13.9 Å². The monoisotopic (exact) mass is 204 g/mol. The Labute approximate surface area is 78.4 Å². The lowest BCUT2D eigenvalue weighted by atomic mass is 10.1. The molecular formula is C8H10F2N2O2. The summed E-state index contributed by atoms with van der Waals surface area (Å²) in [4.78, 5) is 13.2. The van der Waals surface area contributed by atoms with Crippen molar-refractivity contribution >= 4 is 0 Å². The molecule has 14 heavy (non-hydrogen) atoms. The molecule has 0 aliphatic rings. The summed E-state index contributed by atoms with van der Waals surface area (Å²) in [6, 6.07) is 0.798. The van der Waals surface area contributed by atoms with Crippen LogP contribution in [0.5, 0.6) is 0 Å². The van der Waals surface area contributed by atoms with Gasteiger partial charge in [0.1, 0.15) is 0 Å². The molecule has 0 aliphatic heterocycles. The Hall–Kier alpha value is -1.27. The fraction of sp³-hybridized carbons (Fsp3) is 0.375. The SMILES string of the molecule is NCc1c(C(F)F)cc(=O)[nH]c1CO. The maximum absolute atomic E-state index is 12.4. The van der Waals surface area contributed by atoms with Crippen LogP contribution in [0, 0.1) is 0 Å². The average molecular weight is 204 g/mol. The van der Waals surface area contributed by atoms with Gasteiger partial charge in [-0.25, -0.2) is 8.78 Å². The van der Waals surface area contributed by atoms with E-state index in [1.165, 1.54) is 0 Å². The first-order valence-corrected chi connectivity index (χ1v) is 3.94. The fourth-order valence-electron chi connectivity index (χ4n) is 1.23. The molecule has 1 heterocycles. The average Bonchev–Trinajstić information content (AvgIpc) is 2.16. The Morgan fingerprint density at radius 3 is 2.64 bits per heavy atom. The smallest absolute Gasteiger partial charge is 0.264 e. The highest BCUT2D eigenvalue weighted by Gasteiger charge is 2.16. The first kappa shape index (κ1) is 10.8. The van der Waals surface area contributed by atoms with E-state index < -0.39 is 24.2 Å².